The van der Waals surface area contributed by atoms with Crippen molar-refractivity contribution in [2.24, 2.45) is 0 Å². The molecule has 6 nitrogen and oxygen atoms in total. The first-order valence-electron chi connectivity index (χ1n) is 7.95. The van der Waals surface area contributed by atoms with Crippen LogP contribution in [0.4, 0.5) is 10.5 Å². The molecular weight excluding hydrogens is 340 g/mol. The summed E-state index contributed by atoms with van der Waals surface area (Å²) in [6.07, 6.45) is 0. The lowest BCUT2D eigenvalue weighted by molar-refractivity contribution is 0.0791. The normalized spacial score (nSPS) is 24.4. The molecule has 0 saturated carbocycles. The van der Waals surface area contributed by atoms with Crippen molar-refractivity contribution in [1.82, 2.24) is 4.90 Å². The van der Waals surface area contributed by atoms with Crippen LogP contribution in [0.15, 0.2) is 60.7 Å². The van der Waals surface area contributed by atoms with E-state index in [9.17, 15) is 18.0 Å². The Kier molecular flexibility index (Phi) is 3.61. The lowest BCUT2D eigenvalue weighted by Gasteiger charge is -2.21. The zero-order valence-electron chi connectivity index (χ0n) is 13.3. The van der Waals surface area contributed by atoms with Crippen molar-refractivity contribution in [3.05, 3.63) is 66.2 Å². The van der Waals surface area contributed by atoms with Gasteiger partial charge >= 0.3 is 6.03 Å². The van der Waals surface area contributed by atoms with E-state index in [2.05, 4.69) is 0 Å². The Morgan fingerprint density at radius 3 is 2.08 bits per heavy atom. The number of carbonyl (C=O) groups is 2. The molecule has 0 aromatic heterocycles. The molecule has 0 bridgehead atoms. The highest BCUT2D eigenvalue weighted by atomic mass is 32.2. The van der Waals surface area contributed by atoms with Crippen LogP contribution in [0, 0.1) is 0 Å². The summed E-state index contributed by atoms with van der Waals surface area (Å²) >= 11 is 0. The fourth-order valence-electron chi connectivity index (χ4n) is 3.55. The average molecular weight is 356 g/mol. The molecule has 0 radical (unpaired) electrons. The van der Waals surface area contributed by atoms with Crippen LogP contribution in [0.1, 0.15) is 10.4 Å². The molecule has 2 heterocycles. The molecule has 25 heavy (non-hydrogen) atoms. The standard InChI is InChI=1S/C18H16N2O4S/c21-17(13-7-3-1-4-8-13)20-16-12-25(23,24)11-15(16)19(18(20)22)14-9-5-2-6-10-14/h1-10,15-16H,11-12H2. The molecule has 7 heteroatoms. The van der Waals surface area contributed by atoms with Gasteiger partial charge in [0.05, 0.1) is 23.6 Å². The second-order valence-electron chi connectivity index (χ2n) is 6.24. The van der Waals surface area contributed by atoms with Crippen molar-refractivity contribution in [2.45, 2.75) is 12.1 Å². The van der Waals surface area contributed by atoms with E-state index >= 15 is 0 Å². The van der Waals surface area contributed by atoms with Crippen LogP contribution in [-0.4, -0.2) is 48.8 Å². The van der Waals surface area contributed by atoms with Gasteiger partial charge < -0.3 is 0 Å². The van der Waals surface area contributed by atoms with E-state index in [0.717, 1.165) is 4.90 Å². The summed E-state index contributed by atoms with van der Waals surface area (Å²) in [5.41, 5.74) is 0.969. The monoisotopic (exact) mass is 356 g/mol. The zero-order valence-corrected chi connectivity index (χ0v) is 14.1. The Bertz CT molecular complexity index is 928. The zero-order chi connectivity index (χ0) is 17.6. The van der Waals surface area contributed by atoms with Crippen LogP contribution in [0.3, 0.4) is 0 Å². The second kappa shape index (κ2) is 5.70. The van der Waals surface area contributed by atoms with Gasteiger partial charge in [0, 0.05) is 11.3 Å². The van der Waals surface area contributed by atoms with Gasteiger partial charge in [-0.25, -0.2) is 13.2 Å². The predicted molar refractivity (Wildman–Crippen MR) is 93.2 cm³/mol. The predicted octanol–water partition coefficient (Wildman–Crippen LogP) is 1.93. The first kappa shape index (κ1) is 15.8. The summed E-state index contributed by atoms with van der Waals surface area (Å²) in [5, 5.41) is 0. The van der Waals surface area contributed by atoms with E-state index in [-0.39, 0.29) is 11.5 Å². The van der Waals surface area contributed by atoms with E-state index in [1.165, 1.54) is 4.90 Å². The third-order valence-electron chi connectivity index (χ3n) is 4.64. The highest BCUT2D eigenvalue weighted by Gasteiger charge is 2.56. The minimum Gasteiger partial charge on any atom is -0.288 e. The van der Waals surface area contributed by atoms with Crippen LogP contribution in [0.5, 0.6) is 0 Å². The molecule has 3 amide bonds. The molecule has 2 aliphatic rings. The van der Waals surface area contributed by atoms with Crippen molar-refractivity contribution >= 4 is 27.5 Å². The maximum absolute atomic E-state index is 13.0. The molecule has 2 atom stereocenters. The van der Waals surface area contributed by atoms with E-state index in [4.69, 9.17) is 0 Å². The lowest BCUT2D eigenvalue weighted by Crippen LogP contribution is -2.42. The van der Waals surface area contributed by atoms with Crippen LogP contribution in [-0.2, 0) is 9.84 Å². The number of fused-ring (bicyclic) bond motifs is 1. The van der Waals surface area contributed by atoms with E-state index < -0.39 is 33.9 Å². The third kappa shape index (κ3) is 2.60. The summed E-state index contributed by atoms with van der Waals surface area (Å²) in [5.74, 6) is -0.779. The van der Waals surface area contributed by atoms with Gasteiger partial charge in [-0.1, -0.05) is 36.4 Å². The van der Waals surface area contributed by atoms with E-state index in [1.54, 1.807) is 54.6 Å². The minimum absolute atomic E-state index is 0.128. The molecule has 2 aromatic carbocycles. The molecule has 4 rings (SSSR count). The number of sulfone groups is 1. The van der Waals surface area contributed by atoms with Crippen LogP contribution >= 0.6 is 0 Å². The van der Waals surface area contributed by atoms with Gasteiger partial charge in [-0.3, -0.25) is 14.6 Å². The number of para-hydroxylation sites is 1. The second-order valence-corrected chi connectivity index (χ2v) is 8.39. The smallest absolute Gasteiger partial charge is 0.288 e. The van der Waals surface area contributed by atoms with Crippen molar-refractivity contribution in [3.8, 4) is 0 Å². The molecule has 2 aromatic rings. The fraction of sp³-hybridized carbons (Fsp3) is 0.222. The Hall–Kier alpha value is -2.67. The molecule has 2 fully saturated rings. The molecule has 0 aliphatic carbocycles. The molecule has 2 unspecified atom stereocenters. The highest BCUT2D eigenvalue weighted by Crippen LogP contribution is 2.35. The summed E-state index contributed by atoms with van der Waals surface area (Å²) in [6.45, 7) is 0. The van der Waals surface area contributed by atoms with Crippen LogP contribution in [0.2, 0.25) is 0 Å². The minimum atomic E-state index is -3.31. The van der Waals surface area contributed by atoms with E-state index in [0.29, 0.717) is 11.3 Å². The Balaban J connectivity index is 1.77. The van der Waals surface area contributed by atoms with E-state index in [1.807, 2.05) is 6.07 Å². The van der Waals surface area contributed by atoms with Gasteiger partial charge in [0.25, 0.3) is 5.91 Å². The van der Waals surface area contributed by atoms with Crippen molar-refractivity contribution in [3.63, 3.8) is 0 Å². The third-order valence-corrected chi connectivity index (χ3v) is 6.34. The molecule has 2 aliphatic heterocycles. The highest BCUT2D eigenvalue weighted by molar-refractivity contribution is 7.91. The van der Waals surface area contributed by atoms with Crippen molar-refractivity contribution in [1.29, 1.82) is 0 Å². The van der Waals surface area contributed by atoms with Crippen molar-refractivity contribution in [2.75, 3.05) is 16.4 Å². The number of benzene rings is 2. The van der Waals surface area contributed by atoms with Gasteiger partial charge in [0.15, 0.2) is 9.84 Å². The molecular formula is C18H16N2O4S. The molecule has 0 spiro atoms. The number of nitrogens with zero attached hydrogens (tertiary/aromatic N) is 2. The first-order valence-corrected chi connectivity index (χ1v) is 9.77. The Morgan fingerprint density at radius 2 is 1.44 bits per heavy atom. The Morgan fingerprint density at radius 1 is 0.880 bits per heavy atom. The van der Waals surface area contributed by atoms with Crippen LogP contribution in [0.25, 0.3) is 0 Å². The topological polar surface area (TPSA) is 74.8 Å². The number of hydrogen-bond acceptors (Lipinski definition) is 4. The number of amides is 3. The summed E-state index contributed by atoms with van der Waals surface area (Å²) in [6, 6.07) is 15.7. The summed E-state index contributed by atoms with van der Waals surface area (Å²) in [4.78, 5) is 28.4. The quantitative estimate of drug-likeness (QED) is 0.771. The van der Waals surface area contributed by atoms with Crippen LogP contribution < -0.4 is 4.90 Å². The Labute approximate surface area is 145 Å². The van der Waals surface area contributed by atoms with Gasteiger partial charge in [-0.15, -0.1) is 0 Å². The number of carbonyl (C=O) groups excluding carboxylic acids is 2. The number of rotatable bonds is 2. The maximum atomic E-state index is 13.0. The number of hydrogen-bond donors (Lipinski definition) is 0. The largest absolute Gasteiger partial charge is 0.332 e. The summed E-state index contributed by atoms with van der Waals surface area (Å²) < 4.78 is 24.3. The average Bonchev–Trinajstić information content (AvgIpc) is 3.04. The SMILES string of the molecule is O=C(c1ccccc1)N1C(=O)N(c2ccccc2)C2CS(=O)(=O)CC21. The van der Waals surface area contributed by atoms with Gasteiger partial charge in [-0.2, -0.15) is 0 Å². The first-order chi connectivity index (χ1) is 12.0. The van der Waals surface area contributed by atoms with Gasteiger partial charge in [-0.05, 0) is 24.3 Å². The summed E-state index contributed by atoms with van der Waals surface area (Å²) in [7, 11) is -3.31. The number of imide groups is 1. The van der Waals surface area contributed by atoms with Crippen molar-refractivity contribution < 1.29 is 18.0 Å². The number of anilines is 1. The maximum Gasteiger partial charge on any atom is 0.332 e. The van der Waals surface area contributed by atoms with Gasteiger partial charge in [0.1, 0.15) is 0 Å². The molecule has 128 valence electrons. The lowest BCUT2D eigenvalue weighted by atomic mass is 10.1. The van der Waals surface area contributed by atoms with Gasteiger partial charge in [0.2, 0.25) is 0 Å². The molecule has 0 N–H and O–H groups in total. The number of urea groups is 1. The molecule has 2 saturated heterocycles. The fourth-order valence-corrected chi connectivity index (χ4v) is 5.47.